The fourth-order valence-electron chi connectivity index (χ4n) is 2.57. The molecule has 1 N–H and O–H groups in total. The Morgan fingerprint density at radius 3 is 2.38 bits per heavy atom. The Bertz CT molecular complexity index is 521. The first-order chi connectivity index (χ1) is 9.68. The average molecular weight is 305 g/mol. The molecule has 0 saturated carbocycles. The number of hydrogen-bond acceptors (Lipinski definition) is 3. The Morgan fingerprint density at radius 1 is 1.10 bits per heavy atom. The van der Waals surface area contributed by atoms with Crippen LogP contribution in [-0.4, -0.2) is 17.0 Å². The molecule has 0 aromatic heterocycles. The van der Waals surface area contributed by atoms with E-state index in [1.807, 2.05) is 11.8 Å². The maximum absolute atomic E-state index is 4.94. The van der Waals surface area contributed by atoms with E-state index in [4.69, 9.17) is 4.99 Å². The molecule has 0 saturated heterocycles. The van der Waals surface area contributed by atoms with Crippen molar-refractivity contribution in [3.05, 3.63) is 29.8 Å². The van der Waals surface area contributed by atoms with Crippen LogP contribution in [0.1, 0.15) is 53.5 Å². The van der Waals surface area contributed by atoms with Crippen molar-refractivity contribution >= 4 is 22.6 Å². The van der Waals surface area contributed by atoms with Crippen LogP contribution in [-0.2, 0) is 5.41 Å². The van der Waals surface area contributed by atoms with Gasteiger partial charge in [0.15, 0.2) is 5.17 Å². The molecule has 0 bridgehead atoms. The second kappa shape index (κ2) is 6.04. The normalized spacial score (nSPS) is 20.1. The highest BCUT2D eigenvalue weighted by Gasteiger charge is 2.28. The first-order valence-corrected chi connectivity index (χ1v) is 8.73. The average Bonchev–Trinajstić information content (AvgIpc) is 2.37. The first-order valence-electron chi connectivity index (χ1n) is 7.75. The molecule has 3 heteroatoms. The summed E-state index contributed by atoms with van der Waals surface area (Å²) in [5.74, 6) is 1.14. The molecule has 1 heterocycles. The van der Waals surface area contributed by atoms with E-state index < -0.39 is 0 Å². The summed E-state index contributed by atoms with van der Waals surface area (Å²) in [7, 11) is 0. The van der Waals surface area contributed by atoms with Gasteiger partial charge in [-0.3, -0.25) is 4.99 Å². The lowest BCUT2D eigenvalue weighted by Gasteiger charge is -2.31. The summed E-state index contributed by atoms with van der Waals surface area (Å²) >= 11 is 1.84. The van der Waals surface area contributed by atoms with Gasteiger partial charge in [0.25, 0.3) is 0 Å². The molecule has 0 aliphatic carbocycles. The molecule has 1 atom stereocenters. The predicted octanol–water partition coefficient (Wildman–Crippen LogP) is 5.30. The van der Waals surface area contributed by atoms with E-state index in [9.17, 15) is 0 Å². The zero-order valence-corrected chi connectivity index (χ0v) is 15.0. The number of nitrogens with zero attached hydrogens (tertiary/aromatic N) is 1. The smallest absolute Gasteiger partial charge is 0.161 e. The monoisotopic (exact) mass is 304 g/mol. The highest BCUT2D eigenvalue weighted by molar-refractivity contribution is 8.14. The second-order valence-electron chi connectivity index (χ2n) is 7.87. The second-order valence-corrected chi connectivity index (χ2v) is 8.96. The highest BCUT2D eigenvalue weighted by Crippen LogP contribution is 2.33. The molecule has 1 unspecified atom stereocenters. The Morgan fingerprint density at radius 2 is 1.76 bits per heavy atom. The van der Waals surface area contributed by atoms with Crippen LogP contribution in [0, 0.1) is 5.41 Å². The Hall–Kier alpha value is -0.960. The zero-order chi connectivity index (χ0) is 15.7. The number of rotatable bonds is 1. The molecule has 1 aliphatic heterocycles. The number of aliphatic imine (C=N–C) groups is 1. The zero-order valence-electron chi connectivity index (χ0n) is 14.2. The molecule has 0 fully saturated rings. The molecule has 116 valence electrons. The maximum Gasteiger partial charge on any atom is 0.161 e. The van der Waals surface area contributed by atoms with E-state index in [1.165, 1.54) is 17.7 Å². The summed E-state index contributed by atoms with van der Waals surface area (Å²) in [6.45, 7) is 13.6. The van der Waals surface area contributed by atoms with Crippen LogP contribution in [0.15, 0.2) is 29.3 Å². The molecule has 0 radical (unpaired) electrons. The van der Waals surface area contributed by atoms with Crippen LogP contribution in [0.2, 0.25) is 0 Å². The van der Waals surface area contributed by atoms with Gasteiger partial charge in [0.2, 0.25) is 0 Å². The Labute approximate surface area is 133 Å². The molecule has 1 aromatic rings. The van der Waals surface area contributed by atoms with Crippen molar-refractivity contribution in [2.24, 2.45) is 10.4 Å². The van der Waals surface area contributed by atoms with Gasteiger partial charge in [0.1, 0.15) is 0 Å². The summed E-state index contributed by atoms with van der Waals surface area (Å²) in [5, 5.41) is 4.64. The third-order valence-electron chi connectivity index (χ3n) is 3.88. The third kappa shape index (κ3) is 4.26. The molecule has 1 aromatic carbocycles. The SMILES string of the molecule is CC(C)(C)c1ccccc1NC1=NC(C(C)(C)C)CCS1. The summed E-state index contributed by atoms with van der Waals surface area (Å²) in [5.41, 5.74) is 2.89. The minimum atomic E-state index is 0.132. The predicted molar refractivity (Wildman–Crippen MR) is 96.5 cm³/mol. The van der Waals surface area contributed by atoms with Crippen molar-refractivity contribution in [1.82, 2.24) is 0 Å². The lowest BCUT2D eigenvalue weighted by atomic mass is 9.85. The topological polar surface area (TPSA) is 24.4 Å². The highest BCUT2D eigenvalue weighted by atomic mass is 32.2. The van der Waals surface area contributed by atoms with Crippen LogP contribution in [0.5, 0.6) is 0 Å². The molecule has 1 aliphatic rings. The molecule has 21 heavy (non-hydrogen) atoms. The molecule has 0 amide bonds. The van der Waals surface area contributed by atoms with Crippen molar-refractivity contribution in [2.75, 3.05) is 11.1 Å². The van der Waals surface area contributed by atoms with Crippen LogP contribution < -0.4 is 5.32 Å². The van der Waals surface area contributed by atoms with Gasteiger partial charge in [-0.15, -0.1) is 0 Å². The van der Waals surface area contributed by atoms with Gasteiger partial charge in [-0.25, -0.2) is 0 Å². The number of anilines is 1. The van der Waals surface area contributed by atoms with Crippen LogP contribution in [0.4, 0.5) is 5.69 Å². The maximum atomic E-state index is 4.94. The van der Waals surface area contributed by atoms with Crippen LogP contribution in [0.3, 0.4) is 0 Å². The van der Waals surface area contributed by atoms with Crippen molar-refractivity contribution in [3.8, 4) is 0 Å². The number of amidine groups is 1. The van der Waals surface area contributed by atoms with Gasteiger partial charge >= 0.3 is 0 Å². The minimum absolute atomic E-state index is 0.132. The quantitative estimate of drug-likeness (QED) is 0.761. The Balaban J connectivity index is 2.25. The van der Waals surface area contributed by atoms with Crippen molar-refractivity contribution in [2.45, 2.75) is 59.4 Å². The van der Waals surface area contributed by atoms with E-state index >= 15 is 0 Å². The van der Waals surface area contributed by atoms with E-state index in [1.54, 1.807) is 0 Å². The number of benzene rings is 1. The fourth-order valence-corrected chi connectivity index (χ4v) is 3.49. The van der Waals surface area contributed by atoms with Gasteiger partial charge < -0.3 is 5.32 Å². The summed E-state index contributed by atoms with van der Waals surface area (Å²) in [4.78, 5) is 4.94. The fraction of sp³-hybridized carbons (Fsp3) is 0.611. The van der Waals surface area contributed by atoms with E-state index in [2.05, 4.69) is 71.1 Å². The summed E-state index contributed by atoms with van der Waals surface area (Å²) in [6, 6.07) is 8.97. The third-order valence-corrected chi connectivity index (χ3v) is 4.80. The van der Waals surface area contributed by atoms with Crippen LogP contribution in [0.25, 0.3) is 0 Å². The summed E-state index contributed by atoms with van der Waals surface area (Å²) in [6.07, 6.45) is 1.17. The number of para-hydroxylation sites is 1. The lowest BCUT2D eigenvalue weighted by Crippen LogP contribution is -2.31. The van der Waals surface area contributed by atoms with Gasteiger partial charge in [-0.2, -0.15) is 0 Å². The van der Waals surface area contributed by atoms with Crippen LogP contribution >= 0.6 is 11.8 Å². The largest absolute Gasteiger partial charge is 0.335 e. The van der Waals surface area contributed by atoms with Gasteiger partial charge in [0, 0.05) is 11.4 Å². The van der Waals surface area contributed by atoms with E-state index in [0.29, 0.717) is 6.04 Å². The molecule has 2 rings (SSSR count). The van der Waals surface area contributed by atoms with Gasteiger partial charge in [-0.05, 0) is 28.9 Å². The lowest BCUT2D eigenvalue weighted by molar-refractivity contribution is 0.316. The van der Waals surface area contributed by atoms with Crippen molar-refractivity contribution in [3.63, 3.8) is 0 Å². The molecular weight excluding hydrogens is 276 g/mol. The number of thioether (sulfide) groups is 1. The summed E-state index contributed by atoms with van der Waals surface area (Å²) < 4.78 is 0. The standard InChI is InChI=1S/C18H28N2S/c1-17(2,3)13-9-7-8-10-14(13)19-16-20-15(11-12-21-16)18(4,5)6/h7-10,15H,11-12H2,1-6H3,(H,19,20). The van der Waals surface area contributed by atoms with Gasteiger partial charge in [0.05, 0.1) is 6.04 Å². The molecular formula is C18H28N2S. The minimum Gasteiger partial charge on any atom is -0.335 e. The molecule has 0 spiro atoms. The number of nitrogens with one attached hydrogen (secondary N) is 1. The van der Waals surface area contributed by atoms with E-state index in [-0.39, 0.29) is 10.8 Å². The first kappa shape index (κ1) is 16.4. The van der Waals surface area contributed by atoms with Crippen molar-refractivity contribution < 1.29 is 0 Å². The number of hydrogen-bond donors (Lipinski definition) is 1. The Kier molecular flexibility index (Phi) is 4.72. The van der Waals surface area contributed by atoms with Crippen molar-refractivity contribution in [1.29, 1.82) is 0 Å². The van der Waals surface area contributed by atoms with Gasteiger partial charge in [-0.1, -0.05) is 71.5 Å². The molecule has 2 nitrogen and oxygen atoms in total. The van der Waals surface area contributed by atoms with E-state index in [0.717, 1.165) is 10.9 Å².